The van der Waals surface area contributed by atoms with Gasteiger partial charge in [0, 0.05) is 11.3 Å². The van der Waals surface area contributed by atoms with Gasteiger partial charge in [0.2, 0.25) is 11.8 Å². The van der Waals surface area contributed by atoms with Crippen LogP contribution in [0.2, 0.25) is 0 Å². The monoisotopic (exact) mass is 364 g/mol. The number of methoxy groups -OCH3 is 2. The van der Waals surface area contributed by atoms with Gasteiger partial charge in [0.1, 0.15) is 18.9 Å². The van der Waals surface area contributed by atoms with Crippen LogP contribution in [0.1, 0.15) is 12.6 Å². The van der Waals surface area contributed by atoms with Gasteiger partial charge >= 0.3 is 6.16 Å². The van der Waals surface area contributed by atoms with Crippen molar-refractivity contribution in [2.24, 2.45) is 5.11 Å². The van der Waals surface area contributed by atoms with E-state index in [9.17, 15) is 4.79 Å². The van der Waals surface area contributed by atoms with Crippen LogP contribution in [0, 0.1) is 0 Å². The second-order valence-electron chi connectivity index (χ2n) is 5.32. The Kier molecular flexibility index (Phi) is 4.91. The van der Waals surface area contributed by atoms with Crippen molar-refractivity contribution in [1.29, 1.82) is 0 Å². The molecular weight excluding hydrogens is 348 g/mol. The first-order chi connectivity index (χ1) is 12.6. The standard InChI is InChI=1S/C13H16N8O5/c1-23-11-9-10(17-12(14)18-11)21(5-16-9)8-3-6(19-20-15)7(26-8)4-25-13(22)24-2/h5-8H,3-4H2,1-2H3,(H2,14,17,18)/t6-,7+,8+/m0/s1. The maximum absolute atomic E-state index is 11.2. The lowest BCUT2D eigenvalue weighted by Crippen LogP contribution is -2.26. The summed E-state index contributed by atoms with van der Waals surface area (Å²) in [6, 6.07) is -0.548. The summed E-state index contributed by atoms with van der Waals surface area (Å²) in [5.41, 5.74) is 15.3. The molecule has 138 valence electrons. The molecule has 0 radical (unpaired) electrons. The van der Waals surface area contributed by atoms with Crippen molar-refractivity contribution in [3.05, 3.63) is 16.8 Å². The number of ether oxygens (including phenoxy) is 4. The topological polar surface area (TPSA) is 172 Å². The Hall–Kier alpha value is -3.31. The van der Waals surface area contributed by atoms with Crippen molar-refractivity contribution in [3.8, 4) is 5.88 Å². The Morgan fingerprint density at radius 2 is 2.35 bits per heavy atom. The molecule has 1 saturated heterocycles. The largest absolute Gasteiger partial charge is 0.508 e. The van der Waals surface area contributed by atoms with E-state index in [4.69, 9.17) is 25.5 Å². The minimum Gasteiger partial charge on any atom is -0.479 e. The van der Waals surface area contributed by atoms with Gasteiger partial charge in [-0.1, -0.05) is 5.11 Å². The average Bonchev–Trinajstić information content (AvgIpc) is 3.23. The van der Waals surface area contributed by atoms with E-state index in [1.807, 2.05) is 0 Å². The van der Waals surface area contributed by atoms with Gasteiger partial charge in [-0.3, -0.25) is 4.57 Å². The zero-order chi connectivity index (χ0) is 18.7. The minimum absolute atomic E-state index is 0.0197. The molecular formula is C13H16N8O5. The van der Waals surface area contributed by atoms with Gasteiger partial charge in [-0.25, -0.2) is 9.78 Å². The first kappa shape index (κ1) is 17.5. The number of carbonyl (C=O) groups is 1. The van der Waals surface area contributed by atoms with Crippen LogP contribution in [-0.4, -0.2) is 58.6 Å². The van der Waals surface area contributed by atoms with Gasteiger partial charge in [0.05, 0.1) is 26.6 Å². The van der Waals surface area contributed by atoms with Crippen LogP contribution in [0.15, 0.2) is 11.4 Å². The summed E-state index contributed by atoms with van der Waals surface area (Å²) in [4.78, 5) is 26.3. The summed E-state index contributed by atoms with van der Waals surface area (Å²) in [6.07, 6.45) is -0.219. The highest BCUT2D eigenvalue weighted by molar-refractivity contribution is 5.77. The van der Waals surface area contributed by atoms with Gasteiger partial charge in [-0.15, -0.1) is 0 Å². The Bertz CT molecular complexity index is 864. The van der Waals surface area contributed by atoms with E-state index in [-0.39, 0.29) is 18.4 Å². The Morgan fingerprint density at radius 3 is 3.04 bits per heavy atom. The smallest absolute Gasteiger partial charge is 0.479 e. The number of anilines is 1. The molecule has 2 N–H and O–H groups in total. The molecule has 13 heteroatoms. The van der Waals surface area contributed by atoms with E-state index in [2.05, 4.69) is 29.7 Å². The van der Waals surface area contributed by atoms with Crippen molar-refractivity contribution >= 4 is 23.3 Å². The molecule has 0 amide bonds. The summed E-state index contributed by atoms with van der Waals surface area (Å²) in [7, 11) is 2.64. The molecule has 3 rings (SSSR count). The number of fused-ring (bicyclic) bond motifs is 1. The quantitative estimate of drug-likeness (QED) is 0.353. The number of carbonyl (C=O) groups excluding carboxylic acids is 1. The summed E-state index contributed by atoms with van der Waals surface area (Å²) in [5.74, 6) is 0.257. The highest BCUT2D eigenvalue weighted by Crippen LogP contribution is 2.34. The maximum atomic E-state index is 11.2. The molecule has 0 aromatic carbocycles. The van der Waals surface area contributed by atoms with Crippen LogP contribution in [-0.2, 0) is 14.2 Å². The van der Waals surface area contributed by atoms with E-state index < -0.39 is 24.5 Å². The molecule has 1 fully saturated rings. The molecule has 13 nitrogen and oxygen atoms in total. The molecule has 0 spiro atoms. The van der Waals surface area contributed by atoms with Crippen molar-refractivity contribution < 1.29 is 23.7 Å². The van der Waals surface area contributed by atoms with Crippen LogP contribution < -0.4 is 10.5 Å². The molecule has 3 heterocycles. The average molecular weight is 364 g/mol. The fourth-order valence-electron chi connectivity index (χ4n) is 2.69. The third-order valence-corrected chi connectivity index (χ3v) is 3.85. The molecule has 0 aliphatic carbocycles. The lowest BCUT2D eigenvalue weighted by Gasteiger charge is -2.15. The summed E-state index contributed by atoms with van der Waals surface area (Å²) >= 11 is 0. The molecule has 2 aromatic rings. The number of nitrogens with two attached hydrogens (primary N) is 1. The van der Waals surface area contributed by atoms with Gasteiger partial charge in [0.25, 0.3) is 0 Å². The number of nitrogens with zero attached hydrogens (tertiary/aromatic N) is 7. The second-order valence-corrected chi connectivity index (χ2v) is 5.32. The summed E-state index contributed by atoms with van der Waals surface area (Å²) in [6.45, 7) is -0.125. The number of rotatable bonds is 5. The van der Waals surface area contributed by atoms with E-state index in [0.717, 1.165) is 0 Å². The third-order valence-electron chi connectivity index (χ3n) is 3.85. The van der Waals surface area contributed by atoms with E-state index >= 15 is 0 Å². The molecule has 1 aliphatic rings. The van der Waals surface area contributed by atoms with Crippen LogP contribution in [0.25, 0.3) is 21.6 Å². The first-order valence-electron chi connectivity index (χ1n) is 7.51. The van der Waals surface area contributed by atoms with Crippen molar-refractivity contribution in [3.63, 3.8) is 0 Å². The third kappa shape index (κ3) is 3.25. The fraction of sp³-hybridized carbons (Fsp3) is 0.538. The lowest BCUT2D eigenvalue weighted by atomic mass is 10.1. The molecule has 0 saturated carbocycles. The fourth-order valence-corrected chi connectivity index (χ4v) is 2.69. The Labute approximate surface area is 146 Å². The second kappa shape index (κ2) is 7.29. The van der Waals surface area contributed by atoms with E-state index in [1.165, 1.54) is 20.5 Å². The molecule has 2 aromatic heterocycles. The Morgan fingerprint density at radius 1 is 1.54 bits per heavy atom. The van der Waals surface area contributed by atoms with Gasteiger partial charge in [-0.2, -0.15) is 9.97 Å². The maximum Gasteiger partial charge on any atom is 0.508 e. The summed E-state index contributed by atoms with van der Waals surface area (Å²) in [5, 5.41) is 3.71. The SMILES string of the molecule is COC(=O)OC[C@H]1O[C@@H](n2cnc3c(OC)nc(N)nc32)C[C@@H]1N=[N+]=[N-]. The first-order valence-corrected chi connectivity index (χ1v) is 7.51. The molecule has 0 unspecified atom stereocenters. The van der Waals surface area contributed by atoms with Crippen LogP contribution >= 0.6 is 0 Å². The molecule has 26 heavy (non-hydrogen) atoms. The lowest BCUT2D eigenvalue weighted by molar-refractivity contribution is -0.0367. The van der Waals surface area contributed by atoms with Gasteiger partial charge in [-0.05, 0) is 5.53 Å². The van der Waals surface area contributed by atoms with Crippen LogP contribution in [0.5, 0.6) is 5.88 Å². The highest BCUT2D eigenvalue weighted by atomic mass is 16.7. The zero-order valence-electron chi connectivity index (χ0n) is 14.0. The van der Waals surface area contributed by atoms with Gasteiger partial charge in [0.15, 0.2) is 11.2 Å². The molecule has 1 aliphatic heterocycles. The van der Waals surface area contributed by atoms with E-state index in [0.29, 0.717) is 17.6 Å². The zero-order valence-corrected chi connectivity index (χ0v) is 14.0. The predicted octanol–water partition coefficient (Wildman–Crippen LogP) is 1.17. The summed E-state index contributed by atoms with van der Waals surface area (Å²) < 4.78 is 22.0. The van der Waals surface area contributed by atoms with Gasteiger partial charge < -0.3 is 24.7 Å². The van der Waals surface area contributed by atoms with Crippen molar-refractivity contribution in [1.82, 2.24) is 19.5 Å². The molecule has 0 bridgehead atoms. The Balaban J connectivity index is 1.87. The molecule has 3 atom stereocenters. The van der Waals surface area contributed by atoms with Crippen LogP contribution in [0.4, 0.5) is 10.7 Å². The van der Waals surface area contributed by atoms with Crippen molar-refractivity contribution in [2.75, 3.05) is 26.6 Å². The highest BCUT2D eigenvalue weighted by Gasteiger charge is 2.37. The number of imidazole rings is 1. The normalized spacial score (nSPS) is 22.0. The van der Waals surface area contributed by atoms with Crippen LogP contribution in [0.3, 0.4) is 0 Å². The number of hydrogen-bond acceptors (Lipinski definition) is 10. The van der Waals surface area contributed by atoms with E-state index in [1.54, 1.807) is 4.57 Å². The number of nitrogen functional groups attached to an aromatic ring is 1. The minimum atomic E-state index is -0.852. The number of hydrogen-bond donors (Lipinski definition) is 1. The number of aromatic nitrogens is 4. The predicted molar refractivity (Wildman–Crippen MR) is 86.1 cm³/mol. The van der Waals surface area contributed by atoms with Crippen molar-refractivity contribution in [2.45, 2.75) is 24.8 Å². The number of azide groups is 1.